The van der Waals surface area contributed by atoms with Gasteiger partial charge in [-0.2, -0.15) is 0 Å². The Labute approximate surface area is 88.6 Å². The predicted octanol–water partition coefficient (Wildman–Crippen LogP) is 3.02. The van der Waals surface area contributed by atoms with E-state index in [1.165, 1.54) is 12.8 Å². The number of hydrogen-bond donors (Lipinski definition) is 0. The van der Waals surface area contributed by atoms with E-state index in [9.17, 15) is 0 Å². The van der Waals surface area contributed by atoms with Crippen LogP contribution in [-0.4, -0.2) is 29.3 Å². The highest BCUT2D eigenvalue weighted by Gasteiger charge is 2.41. The van der Waals surface area contributed by atoms with E-state index in [0.717, 1.165) is 13.0 Å². The van der Waals surface area contributed by atoms with Crippen molar-refractivity contribution in [3.63, 3.8) is 0 Å². The molecule has 0 saturated carbocycles. The van der Waals surface area contributed by atoms with Crippen molar-refractivity contribution in [2.24, 2.45) is 0 Å². The van der Waals surface area contributed by atoms with Gasteiger partial charge in [0.25, 0.3) is 0 Å². The van der Waals surface area contributed by atoms with E-state index in [0.29, 0.717) is 12.1 Å². The maximum atomic E-state index is 6.00. The average Bonchev–Trinajstić information content (AvgIpc) is 2.52. The molecule has 1 aliphatic heterocycles. The van der Waals surface area contributed by atoms with Crippen LogP contribution in [0.4, 0.5) is 0 Å². The zero-order chi connectivity index (χ0) is 10.8. The zero-order valence-electron chi connectivity index (χ0n) is 10.3. The molecule has 2 nitrogen and oxygen atoms in total. The van der Waals surface area contributed by atoms with Crippen LogP contribution in [0, 0.1) is 0 Å². The van der Waals surface area contributed by atoms with Gasteiger partial charge in [0.2, 0.25) is 0 Å². The Morgan fingerprint density at radius 3 is 2.07 bits per heavy atom. The number of ether oxygens (including phenoxy) is 1. The molecule has 1 fully saturated rings. The van der Waals surface area contributed by atoms with Crippen LogP contribution in [0.1, 0.15) is 53.9 Å². The summed E-state index contributed by atoms with van der Waals surface area (Å²) in [6.45, 7) is 12.2. The third-order valence-electron chi connectivity index (χ3n) is 3.22. The topological polar surface area (TPSA) is 12.5 Å². The minimum atomic E-state index is 0.0301. The summed E-state index contributed by atoms with van der Waals surface area (Å²) in [5.41, 5.74) is 0.0301. The van der Waals surface area contributed by atoms with Gasteiger partial charge < -0.3 is 4.74 Å². The average molecular weight is 199 g/mol. The molecule has 1 atom stereocenters. The molecular formula is C12H25NO. The van der Waals surface area contributed by atoms with Crippen LogP contribution in [0.5, 0.6) is 0 Å². The lowest BCUT2D eigenvalue weighted by molar-refractivity contribution is -0.151. The molecule has 0 radical (unpaired) electrons. The minimum absolute atomic E-state index is 0.0301. The van der Waals surface area contributed by atoms with Gasteiger partial charge in [-0.15, -0.1) is 0 Å². The van der Waals surface area contributed by atoms with Crippen molar-refractivity contribution in [1.29, 1.82) is 0 Å². The van der Waals surface area contributed by atoms with E-state index < -0.39 is 0 Å². The predicted molar refractivity (Wildman–Crippen MR) is 60.3 cm³/mol. The van der Waals surface area contributed by atoms with E-state index in [1.54, 1.807) is 0 Å². The number of rotatable bonds is 4. The second-order valence-electron chi connectivity index (χ2n) is 4.85. The van der Waals surface area contributed by atoms with Gasteiger partial charge in [-0.05, 0) is 47.0 Å². The molecule has 1 saturated heterocycles. The SMILES string of the molecule is CCC1(N(C(C)C)C(C)C)CCCO1. The molecule has 0 aromatic rings. The van der Waals surface area contributed by atoms with E-state index in [-0.39, 0.29) is 5.72 Å². The van der Waals surface area contributed by atoms with Crippen LogP contribution in [0.25, 0.3) is 0 Å². The fourth-order valence-corrected chi connectivity index (χ4v) is 2.89. The fraction of sp³-hybridized carbons (Fsp3) is 1.00. The van der Waals surface area contributed by atoms with Crippen molar-refractivity contribution in [2.75, 3.05) is 6.61 Å². The molecule has 84 valence electrons. The Hall–Kier alpha value is -0.0800. The summed E-state index contributed by atoms with van der Waals surface area (Å²) in [6.07, 6.45) is 3.51. The molecular weight excluding hydrogens is 174 g/mol. The van der Waals surface area contributed by atoms with Crippen molar-refractivity contribution < 1.29 is 4.74 Å². The molecule has 0 aromatic carbocycles. The van der Waals surface area contributed by atoms with Crippen molar-refractivity contribution in [1.82, 2.24) is 4.90 Å². The summed E-state index contributed by atoms with van der Waals surface area (Å²) < 4.78 is 6.00. The lowest BCUT2D eigenvalue weighted by Crippen LogP contribution is -2.54. The van der Waals surface area contributed by atoms with Crippen molar-refractivity contribution in [3.8, 4) is 0 Å². The highest BCUT2D eigenvalue weighted by atomic mass is 16.5. The van der Waals surface area contributed by atoms with Crippen molar-refractivity contribution >= 4 is 0 Å². The van der Waals surface area contributed by atoms with E-state index >= 15 is 0 Å². The smallest absolute Gasteiger partial charge is 0.121 e. The summed E-state index contributed by atoms with van der Waals surface area (Å²) >= 11 is 0. The van der Waals surface area contributed by atoms with Gasteiger partial charge in [-0.1, -0.05) is 6.92 Å². The number of nitrogens with zero attached hydrogens (tertiary/aromatic N) is 1. The third kappa shape index (κ3) is 2.12. The normalized spacial score (nSPS) is 28.3. The highest BCUT2D eigenvalue weighted by Crippen LogP contribution is 2.35. The first-order valence-electron chi connectivity index (χ1n) is 5.96. The van der Waals surface area contributed by atoms with Crippen molar-refractivity contribution in [3.05, 3.63) is 0 Å². The first-order valence-corrected chi connectivity index (χ1v) is 5.96. The Kier molecular flexibility index (Phi) is 3.96. The fourth-order valence-electron chi connectivity index (χ4n) is 2.89. The van der Waals surface area contributed by atoms with Crippen LogP contribution in [0.2, 0.25) is 0 Å². The van der Waals surface area contributed by atoms with Crippen LogP contribution < -0.4 is 0 Å². The molecule has 1 aliphatic rings. The van der Waals surface area contributed by atoms with Crippen molar-refractivity contribution in [2.45, 2.75) is 71.7 Å². The Morgan fingerprint density at radius 2 is 1.79 bits per heavy atom. The second-order valence-corrected chi connectivity index (χ2v) is 4.85. The largest absolute Gasteiger partial charge is 0.360 e. The molecule has 0 aromatic heterocycles. The van der Waals surface area contributed by atoms with E-state index in [1.807, 2.05) is 0 Å². The molecule has 0 amide bonds. The summed E-state index contributed by atoms with van der Waals surface area (Å²) in [6, 6.07) is 1.13. The van der Waals surface area contributed by atoms with Crippen LogP contribution in [-0.2, 0) is 4.74 Å². The van der Waals surface area contributed by atoms with Gasteiger partial charge >= 0.3 is 0 Å². The zero-order valence-corrected chi connectivity index (χ0v) is 10.3. The van der Waals surface area contributed by atoms with E-state index in [2.05, 4.69) is 39.5 Å². The molecule has 0 aliphatic carbocycles. The molecule has 14 heavy (non-hydrogen) atoms. The molecule has 1 rings (SSSR count). The summed E-state index contributed by atoms with van der Waals surface area (Å²) in [4.78, 5) is 2.53. The van der Waals surface area contributed by atoms with E-state index in [4.69, 9.17) is 4.74 Å². The van der Waals surface area contributed by atoms with Gasteiger partial charge in [0.15, 0.2) is 0 Å². The second kappa shape index (κ2) is 4.63. The highest BCUT2D eigenvalue weighted by molar-refractivity contribution is 4.88. The standard InChI is InChI=1S/C12H25NO/c1-6-12(8-7-9-14-12)13(10(2)3)11(4)5/h10-11H,6-9H2,1-5H3. The maximum absolute atomic E-state index is 6.00. The van der Waals surface area contributed by atoms with Crippen LogP contribution >= 0.6 is 0 Å². The molecule has 0 N–H and O–H groups in total. The Morgan fingerprint density at radius 1 is 1.21 bits per heavy atom. The molecule has 0 bridgehead atoms. The molecule has 0 spiro atoms. The molecule has 1 heterocycles. The molecule has 1 unspecified atom stereocenters. The Bertz CT molecular complexity index is 163. The monoisotopic (exact) mass is 199 g/mol. The minimum Gasteiger partial charge on any atom is -0.360 e. The maximum Gasteiger partial charge on any atom is 0.121 e. The van der Waals surface area contributed by atoms with Gasteiger partial charge in [-0.25, -0.2) is 0 Å². The van der Waals surface area contributed by atoms with Gasteiger partial charge in [-0.3, -0.25) is 4.90 Å². The summed E-state index contributed by atoms with van der Waals surface area (Å²) in [5, 5.41) is 0. The van der Waals surface area contributed by atoms with Crippen LogP contribution in [0.3, 0.4) is 0 Å². The first-order chi connectivity index (χ1) is 6.53. The summed E-state index contributed by atoms with van der Waals surface area (Å²) in [7, 11) is 0. The lowest BCUT2D eigenvalue weighted by atomic mass is 10.0. The lowest BCUT2D eigenvalue weighted by Gasteiger charge is -2.45. The van der Waals surface area contributed by atoms with Crippen LogP contribution in [0.15, 0.2) is 0 Å². The summed E-state index contributed by atoms with van der Waals surface area (Å²) in [5.74, 6) is 0. The van der Waals surface area contributed by atoms with Gasteiger partial charge in [0.05, 0.1) is 0 Å². The molecule has 2 heteroatoms. The first kappa shape index (κ1) is 12.0. The van der Waals surface area contributed by atoms with Gasteiger partial charge in [0.1, 0.15) is 5.72 Å². The number of hydrogen-bond acceptors (Lipinski definition) is 2. The Balaban J connectivity index is 2.83. The third-order valence-corrected chi connectivity index (χ3v) is 3.22. The quantitative estimate of drug-likeness (QED) is 0.690. The van der Waals surface area contributed by atoms with Gasteiger partial charge in [0, 0.05) is 18.7 Å².